The number of hydrogen-bond acceptors (Lipinski definition) is 2. The van der Waals surface area contributed by atoms with E-state index in [4.69, 9.17) is 0 Å². The van der Waals surface area contributed by atoms with Crippen molar-refractivity contribution < 1.29 is 13.2 Å². The molecule has 0 radical (unpaired) electrons. The van der Waals surface area contributed by atoms with E-state index in [0.717, 1.165) is 6.42 Å². The van der Waals surface area contributed by atoms with Gasteiger partial charge >= 0.3 is 6.18 Å². The number of halogens is 3. The average Bonchev–Trinajstić information content (AvgIpc) is 2.57. The molecule has 3 nitrogen and oxygen atoms in total. The first-order valence-electron chi connectivity index (χ1n) is 5.39. The molecule has 0 spiro atoms. The van der Waals surface area contributed by atoms with Gasteiger partial charge in [-0.15, -0.1) is 5.10 Å². The maximum absolute atomic E-state index is 12.6. The molecule has 1 aromatic heterocycles. The molecule has 0 bridgehead atoms. The van der Waals surface area contributed by atoms with Crippen LogP contribution in [0.3, 0.4) is 0 Å². The Morgan fingerprint density at radius 3 is 2.38 bits per heavy atom. The topological polar surface area (TPSA) is 30.7 Å². The van der Waals surface area contributed by atoms with Crippen LogP contribution in [0.1, 0.15) is 51.0 Å². The highest BCUT2D eigenvalue weighted by Crippen LogP contribution is 2.31. The van der Waals surface area contributed by atoms with Crippen LogP contribution in [-0.2, 0) is 12.6 Å². The van der Waals surface area contributed by atoms with Crippen molar-refractivity contribution >= 4 is 0 Å². The molecule has 0 aliphatic rings. The maximum atomic E-state index is 12.6. The van der Waals surface area contributed by atoms with Crippen LogP contribution in [0.25, 0.3) is 0 Å². The molecule has 16 heavy (non-hydrogen) atoms. The second kappa shape index (κ2) is 4.84. The van der Waals surface area contributed by atoms with Crippen LogP contribution in [0.5, 0.6) is 0 Å². The lowest BCUT2D eigenvalue weighted by atomic mass is 10.1. The Bertz CT molecular complexity index is 342. The van der Waals surface area contributed by atoms with Gasteiger partial charge < -0.3 is 0 Å². The molecule has 0 amide bonds. The zero-order valence-corrected chi connectivity index (χ0v) is 9.67. The Kier molecular flexibility index (Phi) is 3.93. The summed E-state index contributed by atoms with van der Waals surface area (Å²) in [6, 6.07) is -0.101. The Morgan fingerprint density at radius 2 is 1.94 bits per heavy atom. The summed E-state index contributed by atoms with van der Waals surface area (Å²) >= 11 is 0. The number of unbranched alkanes of at least 4 members (excludes halogenated alkanes) is 1. The summed E-state index contributed by atoms with van der Waals surface area (Å²) in [5.41, 5.74) is -0.640. The largest absolute Gasteiger partial charge is 0.437 e. The van der Waals surface area contributed by atoms with E-state index in [1.54, 1.807) is 13.8 Å². The van der Waals surface area contributed by atoms with E-state index in [1.165, 1.54) is 4.68 Å². The lowest BCUT2D eigenvalue weighted by molar-refractivity contribution is -0.141. The van der Waals surface area contributed by atoms with E-state index in [1.807, 2.05) is 6.92 Å². The fourth-order valence-corrected chi connectivity index (χ4v) is 1.53. The highest BCUT2D eigenvalue weighted by Gasteiger charge is 2.38. The average molecular weight is 235 g/mol. The van der Waals surface area contributed by atoms with Gasteiger partial charge in [0.2, 0.25) is 0 Å². The van der Waals surface area contributed by atoms with Crippen LogP contribution in [0.2, 0.25) is 0 Å². The molecule has 1 heterocycles. The third-order valence-corrected chi connectivity index (χ3v) is 2.32. The van der Waals surface area contributed by atoms with Crippen LogP contribution in [0.15, 0.2) is 0 Å². The molecule has 0 aliphatic heterocycles. The number of nitrogens with zero attached hydrogens (tertiary/aromatic N) is 3. The molecular formula is C10H16F3N3. The summed E-state index contributed by atoms with van der Waals surface area (Å²) in [7, 11) is 0. The van der Waals surface area contributed by atoms with Crippen LogP contribution in [0, 0.1) is 0 Å². The van der Waals surface area contributed by atoms with Crippen molar-refractivity contribution in [1.82, 2.24) is 15.0 Å². The van der Waals surface area contributed by atoms with Gasteiger partial charge in [0.05, 0.1) is 5.69 Å². The molecule has 92 valence electrons. The highest BCUT2D eigenvalue weighted by atomic mass is 19.4. The minimum Gasteiger partial charge on any atom is -0.246 e. The number of rotatable bonds is 4. The van der Waals surface area contributed by atoms with Crippen LogP contribution < -0.4 is 0 Å². The quantitative estimate of drug-likeness (QED) is 0.802. The second-order valence-corrected chi connectivity index (χ2v) is 4.02. The fourth-order valence-electron chi connectivity index (χ4n) is 1.53. The Morgan fingerprint density at radius 1 is 1.31 bits per heavy atom. The van der Waals surface area contributed by atoms with Crippen molar-refractivity contribution in [2.75, 3.05) is 0 Å². The first-order valence-corrected chi connectivity index (χ1v) is 5.39. The van der Waals surface area contributed by atoms with Crippen LogP contribution in [-0.4, -0.2) is 15.0 Å². The van der Waals surface area contributed by atoms with Gasteiger partial charge in [0, 0.05) is 6.04 Å². The van der Waals surface area contributed by atoms with Gasteiger partial charge in [-0.05, 0) is 26.7 Å². The summed E-state index contributed by atoms with van der Waals surface area (Å²) in [6.07, 6.45) is -2.48. The van der Waals surface area contributed by atoms with E-state index in [0.29, 0.717) is 12.8 Å². The predicted molar refractivity (Wildman–Crippen MR) is 54.0 cm³/mol. The SMILES string of the molecule is CCCCc1c(C(F)(F)F)nnn1C(C)C. The van der Waals surface area contributed by atoms with Gasteiger partial charge in [0.25, 0.3) is 0 Å². The molecule has 0 aromatic carbocycles. The van der Waals surface area contributed by atoms with Gasteiger partial charge in [-0.2, -0.15) is 13.2 Å². The zero-order chi connectivity index (χ0) is 12.3. The first-order chi connectivity index (χ1) is 7.38. The number of aromatic nitrogens is 3. The third-order valence-electron chi connectivity index (χ3n) is 2.32. The van der Waals surface area contributed by atoms with Gasteiger partial charge in [0.15, 0.2) is 5.69 Å². The molecule has 0 aliphatic carbocycles. The monoisotopic (exact) mass is 235 g/mol. The Labute approximate surface area is 92.6 Å². The van der Waals surface area contributed by atoms with Crippen LogP contribution >= 0.6 is 0 Å². The van der Waals surface area contributed by atoms with E-state index < -0.39 is 11.9 Å². The lowest BCUT2D eigenvalue weighted by Crippen LogP contribution is -2.13. The molecular weight excluding hydrogens is 219 g/mol. The summed E-state index contributed by atoms with van der Waals surface area (Å²) in [4.78, 5) is 0. The fraction of sp³-hybridized carbons (Fsp3) is 0.800. The molecule has 1 aromatic rings. The molecule has 0 atom stereocenters. The molecule has 0 N–H and O–H groups in total. The third kappa shape index (κ3) is 2.74. The molecule has 1 rings (SSSR count). The van der Waals surface area contributed by atoms with E-state index in [2.05, 4.69) is 10.3 Å². The number of hydrogen-bond donors (Lipinski definition) is 0. The van der Waals surface area contributed by atoms with Crippen molar-refractivity contribution in [3.05, 3.63) is 11.4 Å². The normalized spacial score (nSPS) is 12.4. The molecule has 0 saturated carbocycles. The van der Waals surface area contributed by atoms with Crippen molar-refractivity contribution in [2.24, 2.45) is 0 Å². The van der Waals surface area contributed by atoms with Gasteiger partial charge in [-0.3, -0.25) is 0 Å². The molecule has 0 unspecified atom stereocenters. The second-order valence-electron chi connectivity index (χ2n) is 4.02. The summed E-state index contributed by atoms with van der Waals surface area (Å²) in [5.74, 6) is 0. The van der Waals surface area contributed by atoms with Crippen molar-refractivity contribution in [2.45, 2.75) is 52.3 Å². The maximum Gasteiger partial charge on any atom is 0.437 e. The van der Waals surface area contributed by atoms with E-state index in [9.17, 15) is 13.2 Å². The minimum atomic E-state index is -4.41. The Hall–Kier alpha value is -1.07. The Balaban J connectivity index is 3.09. The zero-order valence-electron chi connectivity index (χ0n) is 9.67. The summed E-state index contributed by atoms with van der Waals surface area (Å²) < 4.78 is 39.3. The van der Waals surface area contributed by atoms with Gasteiger partial charge in [-0.25, -0.2) is 4.68 Å². The number of alkyl halides is 3. The first kappa shape index (κ1) is 13.0. The minimum absolute atomic E-state index is 0.101. The standard InChI is InChI=1S/C10H16F3N3/c1-4-5-6-8-9(10(11,12)13)14-15-16(8)7(2)3/h7H,4-6H2,1-3H3. The van der Waals surface area contributed by atoms with Gasteiger partial charge in [0.1, 0.15) is 0 Å². The summed E-state index contributed by atoms with van der Waals surface area (Å²) in [6.45, 7) is 5.53. The van der Waals surface area contributed by atoms with Crippen molar-refractivity contribution in [1.29, 1.82) is 0 Å². The smallest absolute Gasteiger partial charge is 0.246 e. The summed E-state index contributed by atoms with van der Waals surface area (Å²) in [5, 5.41) is 6.83. The van der Waals surface area contributed by atoms with Gasteiger partial charge in [-0.1, -0.05) is 18.6 Å². The predicted octanol–water partition coefficient (Wildman–Crippen LogP) is 3.22. The lowest BCUT2D eigenvalue weighted by Gasteiger charge is -2.11. The molecule has 0 saturated heterocycles. The van der Waals surface area contributed by atoms with Crippen LogP contribution in [0.4, 0.5) is 13.2 Å². The molecule has 0 fully saturated rings. The van der Waals surface area contributed by atoms with Crippen molar-refractivity contribution in [3.8, 4) is 0 Å². The van der Waals surface area contributed by atoms with Crippen molar-refractivity contribution in [3.63, 3.8) is 0 Å². The highest BCUT2D eigenvalue weighted by molar-refractivity contribution is 5.14. The van der Waals surface area contributed by atoms with E-state index in [-0.39, 0.29) is 11.7 Å². The van der Waals surface area contributed by atoms with E-state index >= 15 is 0 Å². The molecule has 6 heteroatoms.